The fourth-order valence-corrected chi connectivity index (χ4v) is 2.86. The monoisotopic (exact) mass is 350 g/mol. The molecule has 0 aliphatic heterocycles. The van der Waals surface area contributed by atoms with Crippen molar-refractivity contribution < 1.29 is 9.47 Å². The van der Waals surface area contributed by atoms with Gasteiger partial charge in [-0.3, -0.25) is 0 Å². The van der Waals surface area contributed by atoms with E-state index >= 15 is 0 Å². The molecule has 2 nitrogen and oxygen atoms in total. The molecule has 2 atom stereocenters. The number of ether oxygens (including phenoxy) is 2. The highest BCUT2D eigenvalue weighted by Gasteiger charge is 2.07. The summed E-state index contributed by atoms with van der Waals surface area (Å²) in [6, 6.07) is 20.4. The standard InChI is InChI=1S/C24H30O2/c1-3-23(21-15-9-7-10-16-21)25-19-13-5-6-14-20-26-24(4-2)22-17-11-8-12-18-22/h3-4,7-12,15-18,23-24H,1-2,5-6,13-14,19-20H2. The van der Waals surface area contributed by atoms with Gasteiger partial charge in [0.15, 0.2) is 0 Å². The van der Waals surface area contributed by atoms with Gasteiger partial charge in [-0.15, -0.1) is 13.2 Å². The molecule has 0 aliphatic rings. The van der Waals surface area contributed by atoms with E-state index in [1.54, 1.807) is 0 Å². The Hall–Kier alpha value is -2.16. The largest absolute Gasteiger partial charge is 0.369 e. The second-order valence-electron chi connectivity index (χ2n) is 6.29. The number of benzene rings is 2. The fourth-order valence-electron chi connectivity index (χ4n) is 2.86. The maximum atomic E-state index is 5.93. The summed E-state index contributed by atoms with van der Waals surface area (Å²) in [6.07, 6.45) is 8.10. The average Bonchev–Trinajstić information content (AvgIpc) is 2.71. The van der Waals surface area contributed by atoms with Crippen molar-refractivity contribution in [3.05, 3.63) is 97.1 Å². The Labute approximate surface area is 158 Å². The number of rotatable bonds is 13. The first kappa shape index (κ1) is 20.2. The van der Waals surface area contributed by atoms with Gasteiger partial charge in [0, 0.05) is 13.2 Å². The van der Waals surface area contributed by atoms with E-state index in [1.807, 2.05) is 48.6 Å². The van der Waals surface area contributed by atoms with E-state index in [0.717, 1.165) is 50.0 Å². The van der Waals surface area contributed by atoms with Crippen LogP contribution >= 0.6 is 0 Å². The molecule has 2 aromatic carbocycles. The van der Waals surface area contributed by atoms with E-state index in [2.05, 4.69) is 37.4 Å². The molecule has 2 aromatic rings. The summed E-state index contributed by atoms with van der Waals surface area (Å²) in [5.74, 6) is 0. The van der Waals surface area contributed by atoms with E-state index in [1.165, 1.54) is 0 Å². The summed E-state index contributed by atoms with van der Waals surface area (Å²) < 4.78 is 11.9. The van der Waals surface area contributed by atoms with Crippen LogP contribution in [-0.2, 0) is 9.47 Å². The number of hydrogen-bond acceptors (Lipinski definition) is 2. The molecular weight excluding hydrogens is 320 g/mol. The Balaban J connectivity index is 1.55. The lowest BCUT2D eigenvalue weighted by Gasteiger charge is -2.15. The van der Waals surface area contributed by atoms with Gasteiger partial charge >= 0.3 is 0 Å². The van der Waals surface area contributed by atoms with Gasteiger partial charge in [-0.2, -0.15) is 0 Å². The Morgan fingerprint density at radius 2 is 1.00 bits per heavy atom. The normalized spacial score (nSPS) is 13.1. The van der Waals surface area contributed by atoms with Gasteiger partial charge in [-0.1, -0.05) is 85.7 Å². The molecule has 0 aromatic heterocycles. The van der Waals surface area contributed by atoms with Crippen molar-refractivity contribution in [1.29, 1.82) is 0 Å². The van der Waals surface area contributed by atoms with Gasteiger partial charge in [-0.05, 0) is 24.0 Å². The molecule has 0 aliphatic carbocycles. The molecule has 0 saturated carbocycles. The number of unbranched alkanes of at least 4 members (excludes halogenated alkanes) is 3. The van der Waals surface area contributed by atoms with Gasteiger partial charge in [0.25, 0.3) is 0 Å². The summed E-state index contributed by atoms with van der Waals surface area (Å²) in [7, 11) is 0. The SMILES string of the molecule is C=CC(OCCCCCCOC(C=C)c1ccccc1)c1ccccc1. The first-order valence-corrected chi connectivity index (χ1v) is 9.43. The molecule has 2 rings (SSSR count). The van der Waals surface area contributed by atoms with Crippen LogP contribution < -0.4 is 0 Å². The molecular formula is C24H30O2. The zero-order chi connectivity index (χ0) is 18.5. The van der Waals surface area contributed by atoms with Crippen LogP contribution in [-0.4, -0.2) is 13.2 Å². The van der Waals surface area contributed by atoms with Crippen molar-refractivity contribution in [3.8, 4) is 0 Å². The zero-order valence-corrected chi connectivity index (χ0v) is 15.6. The smallest absolute Gasteiger partial charge is 0.100 e. The Morgan fingerprint density at radius 1 is 0.615 bits per heavy atom. The first-order chi connectivity index (χ1) is 12.8. The average molecular weight is 351 g/mol. The molecule has 0 bridgehead atoms. The lowest BCUT2D eigenvalue weighted by molar-refractivity contribution is 0.0749. The minimum absolute atomic E-state index is 0.0150. The van der Waals surface area contributed by atoms with E-state index < -0.39 is 0 Å². The molecule has 2 unspecified atom stereocenters. The van der Waals surface area contributed by atoms with Crippen molar-refractivity contribution >= 4 is 0 Å². The quantitative estimate of drug-likeness (QED) is 0.306. The van der Waals surface area contributed by atoms with Gasteiger partial charge in [0.05, 0.1) is 0 Å². The van der Waals surface area contributed by atoms with Crippen LogP contribution in [0.5, 0.6) is 0 Å². The summed E-state index contributed by atoms with van der Waals surface area (Å²) in [6.45, 7) is 9.26. The summed E-state index contributed by atoms with van der Waals surface area (Å²) in [5.41, 5.74) is 2.32. The van der Waals surface area contributed by atoms with Crippen LogP contribution in [0.15, 0.2) is 86.0 Å². The minimum atomic E-state index is -0.0150. The molecule has 0 fully saturated rings. The second-order valence-corrected chi connectivity index (χ2v) is 6.29. The van der Waals surface area contributed by atoms with Crippen LogP contribution in [0.25, 0.3) is 0 Å². The highest BCUT2D eigenvalue weighted by atomic mass is 16.5. The third-order valence-corrected chi connectivity index (χ3v) is 4.32. The Morgan fingerprint density at radius 3 is 1.35 bits per heavy atom. The molecule has 0 saturated heterocycles. The fraction of sp³-hybridized carbons (Fsp3) is 0.333. The first-order valence-electron chi connectivity index (χ1n) is 9.43. The van der Waals surface area contributed by atoms with Crippen molar-refractivity contribution in [2.75, 3.05) is 13.2 Å². The molecule has 0 heterocycles. The third kappa shape index (κ3) is 6.99. The Kier molecular flexibility index (Phi) is 9.48. The summed E-state index contributed by atoms with van der Waals surface area (Å²) in [4.78, 5) is 0. The topological polar surface area (TPSA) is 18.5 Å². The molecule has 2 heteroatoms. The highest BCUT2D eigenvalue weighted by molar-refractivity contribution is 5.21. The van der Waals surface area contributed by atoms with Crippen molar-refractivity contribution in [2.45, 2.75) is 37.9 Å². The highest BCUT2D eigenvalue weighted by Crippen LogP contribution is 2.20. The Bertz CT molecular complexity index is 564. The van der Waals surface area contributed by atoms with E-state index in [-0.39, 0.29) is 12.2 Å². The molecule has 0 spiro atoms. The second kappa shape index (κ2) is 12.2. The van der Waals surface area contributed by atoms with Crippen LogP contribution in [0.2, 0.25) is 0 Å². The van der Waals surface area contributed by atoms with Gasteiger partial charge in [0.1, 0.15) is 12.2 Å². The lowest BCUT2D eigenvalue weighted by Crippen LogP contribution is -2.04. The number of hydrogen-bond donors (Lipinski definition) is 0. The predicted octanol–water partition coefficient (Wildman–Crippen LogP) is 6.43. The summed E-state index contributed by atoms with van der Waals surface area (Å²) in [5, 5.41) is 0. The van der Waals surface area contributed by atoms with Crippen molar-refractivity contribution in [2.24, 2.45) is 0 Å². The molecule has 0 radical (unpaired) electrons. The minimum Gasteiger partial charge on any atom is -0.369 e. The third-order valence-electron chi connectivity index (χ3n) is 4.32. The van der Waals surface area contributed by atoms with E-state index in [9.17, 15) is 0 Å². The van der Waals surface area contributed by atoms with E-state index in [0.29, 0.717) is 0 Å². The van der Waals surface area contributed by atoms with Gasteiger partial charge < -0.3 is 9.47 Å². The van der Waals surface area contributed by atoms with Crippen LogP contribution in [0.1, 0.15) is 49.0 Å². The molecule has 0 N–H and O–H groups in total. The van der Waals surface area contributed by atoms with Gasteiger partial charge in [0.2, 0.25) is 0 Å². The summed E-state index contributed by atoms with van der Waals surface area (Å²) >= 11 is 0. The molecule has 0 amide bonds. The van der Waals surface area contributed by atoms with Gasteiger partial charge in [-0.25, -0.2) is 0 Å². The van der Waals surface area contributed by atoms with Crippen LogP contribution in [0.4, 0.5) is 0 Å². The van der Waals surface area contributed by atoms with Crippen molar-refractivity contribution in [1.82, 2.24) is 0 Å². The van der Waals surface area contributed by atoms with E-state index in [4.69, 9.17) is 9.47 Å². The lowest BCUT2D eigenvalue weighted by atomic mass is 10.1. The predicted molar refractivity (Wildman–Crippen MR) is 109 cm³/mol. The van der Waals surface area contributed by atoms with Crippen molar-refractivity contribution in [3.63, 3.8) is 0 Å². The van der Waals surface area contributed by atoms with Crippen LogP contribution in [0, 0.1) is 0 Å². The molecule has 138 valence electrons. The zero-order valence-electron chi connectivity index (χ0n) is 15.6. The molecule has 26 heavy (non-hydrogen) atoms. The van der Waals surface area contributed by atoms with Crippen LogP contribution in [0.3, 0.4) is 0 Å². The maximum absolute atomic E-state index is 5.93. The maximum Gasteiger partial charge on any atom is 0.100 e.